The first-order chi connectivity index (χ1) is 9.49. The Balaban J connectivity index is 1.80. The van der Waals surface area contributed by atoms with Gasteiger partial charge in [-0.3, -0.25) is 4.68 Å². The van der Waals surface area contributed by atoms with Crippen molar-refractivity contribution in [3.63, 3.8) is 0 Å². The lowest BCUT2D eigenvalue weighted by molar-refractivity contribution is 0.114. The number of aromatic nitrogens is 2. The number of carbonyl (C=O) groups is 1. The molecule has 1 aliphatic carbocycles. The normalized spacial score (nSPS) is 22.0. The first kappa shape index (κ1) is 14.8. The van der Waals surface area contributed by atoms with Gasteiger partial charge in [-0.25, -0.2) is 4.79 Å². The van der Waals surface area contributed by atoms with Crippen LogP contribution >= 0.6 is 0 Å². The van der Waals surface area contributed by atoms with Gasteiger partial charge in [-0.05, 0) is 19.8 Å². The summed E-state index contributed by atoms with van der Waals surface area (Å²) in [6.45, 7) is 3.07. The summed E-state index contributed by atoms with van der Waals surface area (Å²) in [5.74, 6) is 0.214. The molecule has 2 N–H and O–H groups in total. The van der Waals surface area contributed by atoms with Crippen molar-refractivity contribution < 1.29 is 9.90 Å². The van der Waals surface area contributed by atoms with Crippen LogP contribution in [-0.2, 0) is 13.6 Å². The lowest BCUT2D eigenvalue weighted by Gasteiger charge is -2.23. The summed E-state index contributed by atoms with van der Waals surface area (Å²) < 4.78 is 1.79. The average molecular weight is 280 g/mol. The maximum absolute atomic E-state index is 12.0. The zero-order valence-electron chi connectivity index (χ0n) is 12.5. The van der Waals surface area contributed by atoms with E-state index in [1.807, 2.05) is 14.0 Å². The minimum absolute atomic E-state index is 0.104. The van der Waals surface area contributed by atoms with Crippen molar-refractivity contribution >= 4 is 6.03 Å². The van der Waals surface area contributed by atoms with Crippen molar-refractivity contribution in [3.05, 3.63) is 17.5 Å². The highest BCUT2D eigenvalue weighted by Crippen LogP contribution is 2.25. The van der Waals surface area contributed by atoms with Crippen molar-refractivity contribution in [3.8, 4) is 0 Å². The predicted octanol–water partition coefficient (Wildman–Crippen LogP) is 1.03. The molecule has 0 bridgehead atoms. The van der Waals surface area contributed by atoms with Gasteiger partial charge in [0, 0.05) is 44.4 Å². The smallest absolute Gasteiger partial charge is 0.317 e. The summed E-state index contributed by atoms with van der Waals surface area (Å²) >= 11 is 0. The molecule has 0 aromatic carbocycles. The van der Waals surface area contributed by atoms with Gasteiger partial charge >= 0.3 is 6.03 Å². The van der Waals surface area contributed by atoms with Crippen LogP contribution in [0.25, 0.3) is 0 Å². The topological polar surface area (TPSA) is 70.4 Å². The molecule has 1 fully saturated rings. The number of aliphatic hydroxyl groups is 1. The zero-order valence-corrected chi connectivity index (χ0v) is 12.5. The van der Waals surface area contributed by atoms with Crippen LogP contribution in [0.4, 0.5) is 4.79 Å². The first-order valence-electron chi connectivity index (χ1n) is 7.13. The molecule has 2 atom stereocenters. The van der Waals surface area contributed by atoms with Gasteiger partial charge in [0.1, 0.15) is 0 Å². The molecule has 0 saturated heterocycles. The third-order valence-corrected chi connectivity index (χ3v) is 4.24. The van der Waals surface area contributed by atoms with Gasteiger partial charge in [0.15, 0.2) is 0 Å². The molecule has 0 spiro atoms. The van der Waals surface area contributed by atoms with Gasteiger partial charge in [-0.1, -0.05) is 6.42 Å². The molecule has 1 aromatic rings. The maximum atomic E-state index is 12.0. The van der Waals surface area contributed by atoms with Crippen LogP contribution in [0.5, 0.6) is 0 Å². The van der Waals surface area contributed by atoms with Crippen molar-refractivity contribution in [2.24, 2.45) is 13.0 Å². The van der Waals surface area contributed by atoms with E-state index in [-0.39, 0.29) is 18.1 Å². The second-order valence-corrected chi connectivity index (χ2v) is 5.68. The van der Waals surface area contributed by atoms with Crippen LogP contribution in [0.3, 0.4) is 0 Å². The summed E-state index contributed by atoms with van der Waals surface area (Å²) in [5, 5.41) is 16.8. The number of hydrogen-bond donors (Lipinski definition) is 2. The van der Waals surface area contributed by atoms with Crippen molar-refractivity contribution in [2.45, 2.75) is 38.8 Å². The highest BCUT2D eigenvalue weighted by Gasteiger charge is 2.27. The number of rotatable bonds is 4. The first-order valence-corrected chi connectivity index (χ1v) is 7.13. The summed E-state index contributed by atoms with van der Waals surface area (Å²) in [6.07, 6.45) is 4.42. The van der Waals surface area contributed by atoms with E-state index >= 15 is 0 Å². The maximum Gasteiger partial charge on any atom is 0.317 e. The third kappa shape index (κ3) is 3.30. The van der Waals surface area contributed by atoms with Crippen LogP contribution in [0, 0.1) is 12.8 Å². The second kappa shape index (κ2) is 6.26. The summed E-state index contributed by atoms with van der Waals surface area (Å²) in [4.78, 5) is 13.7. The molecule has 20 heavy (non-hydrogen) atoms. The number of amides is 2. The summed E-state index contributed by atoms with van der Waals surface area (Å²) in [7, 11) is 3.66. The molecule has 112 valence electrons. The van der Waals surface area contributed by atoms with E-state index in [0.717, 1.165) is 30.5 Å². The zero-order chi connectivity index (χ0) is 14.7. The molecule has 1 aromatic heterocycles. The number of urea groups is 1. The summed E-state index contributed by atoms with van der Waals surface area (Å²) in [6, 6.07) is -0.104. The number of carbonyl (C=O) groups excluding carboxylic acids is 1. The highest BCUT2D eigenvalue weighted by molar-refractivity contribution is 5.73. The molecular formula is C14H24N4O2. The molecule has 2 unspecified atom stereocenters. The Labute approximate surface area is 119 Å². The average Bonchev–Trinajstić information content (AvgIpc) is 2.96. The molecule has 0 radical (unpaired) electrons. The van der Waals surface area contributed by atoms with E-state index in [1.165, 1.54) is 0 Å². The Morgan fingerprint density at radius 1 is 1.60 bits per heavy atom. The SMILES string of the molecule is Cc1c(CNC(=O)N(C)CC2CCCC2O)cnn1C. The molecule has 1 aliphatic rings. The highest BCUT2D eigenvalue weighted by atomic mass is 16.3. The third-order valence-electron chi connectivity index (χ3n) is 4.24. The Morgan fingerprint density at radius 2 is 2.35 bits per heavy atom. The summed E-state index contributed by atoms with van der Waals surface area (Å²) in [5.41, 5.74) is 2.08. The molecule has 6 nitrogen and oxygen atoms in total. The van der Waals surface area contributed by atoms with Crippen molar-refractivity contribution in [1.29, 1.82) is 0 Å². The fourth-order valence-electron chi connectivity index (χ4n) is 2.69. The van der Waals surface area contributed by atoms with Gasteiger partial charge in [0.2, 0.25) is 0 Å². The van der Waals surface area contributed by atoms with Crippen molar-refractivity contribution in [1.82, 2.24) is 20.0 Å². The van der Waals surface area contributed by atoms with Crippen LogP contribution in [-0.4, -0.2) is 45.5 Å². The van der Waals surface area contributed by atoms with Gasteiger partial charge in [-0.2, -0.15) is 5.10 Å². The Bertz CT molecular complexity index is 472. The number of nitrogens with one attached hydrogen (secondary N) is 1. The van der Waals surface area contributed by atoms with E-state index in [4.69, 9.17) is 0 Å². The van der Waals surface area contributed by atoms with Gasteiger partial charge in [-0.15, -0.1) is 0 Å². The van der Waals surface area contributed by atoms with Gasteiger partial charge < -0.3 is 15.3 Å². The van der Waals surface area contributed by atoms with Crippen molar-refractivity contribution in [2.75, 3.05) is 13.6 Å². The Morgan fingerprint density at radius 3 is 2.90 bits per heavy atom. The molecule has 0 aliphatic heterocycles. The van der Waals surface area contributed by atoms with E-state index in [0.29, 0.717) is 13.1 Å². The van der Waals surface area contributed by atoms with Crippen LogP contribution in [0.15, 0.2) is 6.20 Å². The van der Waals surface area contributed by atoms with Crippen LogP contribution < -0.4 is 5.32 Å². The molecule has 1 saturated carbocycles. The molecule has 2 amide bonds. The van der Waals surface area contributed by atoms with E-state index in [2.05, 4.69) is 10.4 Å². The van der Waals surface area contributed by atoms with Gasteiger partial charge in [0.05, 0.1) is 12.3 Å². The lowest BCUT2D eigenvalue weighted by Crippen LogP contribution is -2.40. The van der Waals surface area contributed by atoms with E-state index < -0.39 is 0 Å². The number of aliphatic hydroxyl groups excluding tert-OH is 1. The Hall–Kier alpha value is -1.56. The standard InChI is InChI=1S/C14H24N4O2/c1-10-12(8-16-18(10)3)7-15-14(20)17(2)9-11-5-4-6-13(11)19/h8,11,13,19H,4-7,9H2,1-3H3,(H,15,20). The van der Waals surface area contributed by atoms with Crippen LogP contribution in [0.2, 0.25) is 0 Å². The Kier molecular flexibility index (Phi) is 4.65. The van der Waals surface area contributed by atoms with E-state index in [9.17, 15) is 9.90 Å². The molecule has 1 heterocycles. The van der Waals surface area contributed by atoms with Gasteiger partial charge in [0.25, 0.3) is 0 Å². The predicted molar refractivity (Wildman–Crippen MR) is 76.2 cm³/mol. The van der Waals surface area contributed by atoms with Crippen LogP contribution in [0.1, 0.15) is 30.5 Å². The largest absolute Gasteiger partial charge is 0.393 e. The minimum atomic E-state index is -0.259. The second-order valence-electron chi connectivity index (χ2n) is 5.68. The lowest BCUT2D eigenvalue weighted by atomic mass is 10.1. The fraction of sp³-hybridized carbons (Fsp3) is 0.714. The molecule has 6 heteroatoms. The molecule has 2 rings (SSSR count). The molecular weight excluding hydrogens is 256 g/mol. The van der Waals surface area contributed by atoms with E-state index in [1.54, 1.807) is 22.8 Å². The fourth-order valence-corrected chi connectivity index (χ4v) is 2.69. The number of hydrogen-bond acceptors (Lipinski definition) is 3. The monoisotopic (exact) mass is 280 g/mol. The minimum Gasteiger partial charge on any atom is -0.393 e. The quantitative estimate of drug-likeness (QED) is 0.865. The number of aryl methyl sites for hydroxylation is 1. The number of nitrogens with zero attached hydrogens (tertiary/aromatic N) is 3.